The van der Waals surface area contributed by atoms with Crippen LogP contribution in [0.15, 0.2) is 66.9 Å². The fourth-order valence-electron chi connectivity index (χ4n) is 4.43. The number of benzene rings is 3. The van der Waals surface area contributed by atoms with Crippen LogP contribution in [0.2, 0.25) is 0 Å². The van der Waals surface area contributed by atoms with Crippen molar-refractivity contribution in [2.45, 2.75) is 19.6 Å². The van der Waals surface area contributed by atoms with Crippen LogP contribution in [0, 0.1) is 23.0 Å². The largest absolute Gasteiger partial charge is 0.473 e. The van der Waals surface area contributed by atoms with Crippen LogP contribution in [-0.4, -0.2) is 46.3 Å². The Hall–Kier alpha value is -5.21. The molecule has 0 fully saturated rings. The van der Waals surface area contributed by atoms with E-state index in [0.29, 0.717) is 46.7 Å². The second-order valence-corrected chi connectivity index (χ2v) is 9.28. The van der Waals surface area contributed by atoms with Crippen molar-refractivity contribution in [1.29, 1.82) is 5.26 Å². The second kappa shape index (κ2) is 12.5. The molecular weight excluding hydrogens is 544 g/mol. The van der Waals surface area contributed by atoms with Gasteiger partial charge in [-0.05, 0) is 42.0 Å². The Morgan fingerprint density at radius 3 is 2.52 bits per heavy atom. The maximum absolute atomic E-state index is 15.4. The summed E-state index contributed by atoms with van der Waals surface area (Å²) in [5.74, 6) is -0.453. The van der Waals surface area contributed by atoms with E-state index in [0.717, 1.165) is 6.07 Å². The standard InChI is InChI=1S/C31H25F2N5O4/c1-40-12-11-38-27-15-22(31(39)41-2)7-8-26(27)36-28(38)16-20-5-6-21(14-25(20)33)30-35-10-9-29(37-30)42-18-23-4-3-19(17-34)13-24(23)32/h3-10,13-15H,11-12,16,18H2,1-2H3. The topological polar surface area (TPSA) is 112 Å². The molecule has 5 aromatic rings. The number of carbonyl (C=O) groups excluding carboxylic acids is 1. The highest BCUT2D eigenvalue weighted by molar-refractivity contribution is 5.93. The fraction of sp³-hybridized carbons (Fsp3) is 0.194. The monoisotopic (exact) mass is 569 g/mol. The summed E-state index contributed by atoms with van der Waals surface area (Å²) in [6.45, 7) is 0.752. The van der Waals surface area contributed by atoms with E-state index in [1.807, 2.05) is 10.6 Å². The zero-order valence-electron chi connectivity index (χ0n) is 22.8. The van der Waals surface area contributed by atoms with Gasteiger partial charge in [-0.2, -0.15) is 10.2 Å². The summed E-state index contributed by atoms with van der Waals surface area (Å²) >= 11 is 0. The first-order chi connectivity index (χ1) is 20.4. The Labute approximate surface area is 240 Å². The third-order valence-electron chi connectivity index (χ3n) is 6.61. The third-order valence-corrected chi connectivity index (χ3v) is 6.61. The van der Waals surface area contributed by atoms with Gasteiger partial charge in [0.1, 0.15) is 24.1 Å². The first-order valence-corrected chi connectivity index (χ1v) is 12.9. The van der Waals surface area contributed by atoms with Crippen LogP contribution >= 0.6 is 0 Å². The van der Waals surface area contributed by atoms with Gasteiger partial charge >= 0.3 is 5.97 Å². The molecule has 0 saturated carbocycles. The molecule has 0 aliphatic carbocycles. The molecule has 0 radical (unpaired) electrons. The van der Waals surface area contributed by atoms with Crippen LogP contribution < -0.4 is 4.74 Å². The highest BCUT2D eigenvalue weighted by atomic mass is 19.1. The van der Waals surface area contributed by atoms with Gasteiger partial charge in [-0.3, -0.25) is 0 Å². The van der Waals surface area contributed by atoms with Crippen molar-refractivity contribution in [3.05, 3.63) is 107 Å². The second-order valence-electron chi connectivity index (χ2n) is 9.28. The summed E-state index contributed by atoms with van der Waals surface area (Å²) in [7, 11) is 2.91. The van der Waals surface area contributed by atoms with E-state index in [2.05, 4.69) is 15.0 Å². The quantitative estimate of drug-likeness (QED) is 0.210. The van der Waals surface area contributed by atoms with Crippen LogP contribution in [0.3, 0.4) is 0 Å². The van der Waals surface area contributed by atoms with Gasteiger partial charge in [-0.15, -0.1) is 0 Å². The molecule has 0 N–H and O–H groups in total. The van der Waals surface area contributed by atoms with Gasteiger partial charge in [0.2, 0.25) is 5.88 Å². The van der Waals surface area contributed by atoms with Crippen molar-refractivity contribution >= 4 is 17.0 Å². The Kier molecular flexibility index (Phi) is 8.45. The summed E-state index contributed by atoms with van der Waals surface area (Å²) < 4.78 is 47.2. The number of imidazole rings is 1. The van der Waals surface area contributed by atoms with E-state index in [-0.39, 0.29) is 35.9 Å². The SMILES string of the molecule is COCCn1c(Cc2ccc(-c3nccc(OCc4ccc(C#N)cc4F)n3)cc2F)nc2ccc(C(=O)OC)cc21. The van der Waals surface area contributed by atoms with Crippen LogP contribution in [0.5, 0.6) is 5.88 Å². The van der Waals surface area contributed by atoms with Gasteiger partial charge < -0.3 is 18.8 Å². The smallest absolute Gasteiger partial charge is 0.337 e. The normalized spacial score (nSPS) is 10.9. The molecule has 0 aliphatic rings. The number of methoxy groups -OCH3 is 2. The number of fused-ring (bicyclic) bond motifs is 1. The molecule has 3 aromatic carbocycles. The van der Waals surface area contributed by atoms with Gasteiger partial charge in [-0.25, -0.2) is 23.5 Å². The summed E-state index contributed by atoms with van der Waals surface area (Å²) in [6.07, 6.45) is 1.66. The van der Waals surface area contributed by atoms with Crippen LogP contribution in [0.25, 0.3) is 22.4 Å². The molecule has 42 heavy (non-hydrogen) atoms. The Morgan fingerprint density at radius 1 is 0.976 bits per heavy atom. The van der Waals surface area contributed by atoms with Crippen molar-refractivity contribution < 1.29 is 27.8 Å². The zero-order valence-corrected chi connectivity index (χ0v) is 22.8. The van der Waals surface area contributed by atoms with Gasteiger partial charge in [0.05, 0.1) is 41.9 Å². The van der Waals surface area contributed by atoms with E-state index in [9.17, 15) is 9.18 Å². The van der Waals surface area contributed by atoms with Crippen molar-refractivity contribution in [3.63, 3.8) is 0 Å². The molecule has 212 valence electrons. The first kappa shape index (κ1) is 28.3. The Morgan fingerprint density at radius 2 is 1.79 bits per heavy atom. The Balaban J connectivity index is 1.37. The lowest BCUT2D eigenvalue weighted by Crippen LogP contribution is -2.10. The van der Waals surface area contributed by atoms with Crippen LogP contribution in [-0.2, 0) is 29.0 Å². The highest BCUT2D eigenvalue weighted by Crippen LogP contribution is 2.25. The summed E-state index contributed by atoms with van der Waals surface area (Å²) in [5, 5.41) is 8.90. The zero-order chi connectivity index (χ0) is 29.6. The number of rotatable bonds is 10. The number of hydrogen-bond acceptors (Lipinski definition) is 8. The molecule has 0 amide bonds. The predicted molar refractivity (Wildman–Crippen MR) is 149 cm³/mol. The number of aromatic nitrogens is 4. The highest BCUT2D eigenvalue weighted by Gasteiger charge is 2.17. The molecule has 0 bridgehead atoms. The van der Waals surface area contributed by atoms with Crippen molar-refractivity contribution in [2.24, 2.45) is 0 Å². The molecule has 0 spiro atoms. The van der Waals surface area contributed by atoms with Gasteiger partial charge in [0.15, 0.2) is 5.82 Å². The molecule has 2 heterocycles. The minimum atomic E-state index is -0.555. The maximum Gasteiger partial charge on any atom is 0.337 e. The number of esters is 1. The lowest BCUT2D eigenvalue weighted by atomic mass is 10.1. The van der Waals surface area contributed by atoms with Crippen molar-refractivity contribution in [1.82, 2.24) is 19.5 Å². The first-order valence-electron chi connectivity index (χ1n) is 12.9. The maximum atomic E-state index is 15.4. The van der Waals surface area contributed by atoms with Crippen LogP contribution in [0.1, 0.15) is 32.9 Å². The molecule has 11 heteroatoms. The molecule has 0 unspecified atom stereocenters. The van der Waals surface area contributed by atoms with Crippen molar-refractivity contribution in [3.8, 4) is 23.3 Å². The number of hydrogen-bond donors (Lipinski definition) is 0. The lowest BCUT2D eigenvalue weighted by Gasteiger charge is -2.11. The summed E-state index contributed by atoms with van der Waals surface area (Å²) in [5.41, 5.74) is 3.09. The minimum Gasteiger partial charge on any atom is -0.473 e. The number of carbonyl (C=O) groups is 1. The number of nitriles is 1. The van der Waals surface area contributed by atoms with Gasteiger partial charge in [0, 0.05) is 43.5 Å². The van der Waals surface area contributed by atoms with Gasteiger partial charge in [0.25, 0.3) is 0 Å². The molecule has 9 nitrogen and oxygen atoms in total. The molecular formula is C31H25F2N5O4. The number of halogens is 2. The fourth-order valence-corrected chi connectivity index (χ4v) is 4.43. The molecule has 0 aliphatic heterocycles. The average molecular weight is 570 g/mol. The predicted octanol–water partition coefficient (Wildman–Crippen LogP) is 5.25. The molecule has 0 saturated heterocycles. The van der Waals surface area contributed by atoms with E-state index in [4.69, 9.17) is 19.5 Å². The summed E-state index contributed by atoms with van der Waals surface area (Å²) in [6, 6.07) is 17.3. The third kappa shape index (κ3) is 6.09. The van der Waals surface area contributed by atoms with Crippen molar-refractivity contribution in [2.75, 3.05) is 20.8 Å². The van der Waals surface area contributed by atoms with Gasteiger partial charge in [-0.1, -0.05) is 18.2 Å². The minimum absolute atomic E-state index is 0.105. The summed E-state index contributed by atoms with van der Waals surface area (Å²) in [4.78, 5) is 25.3. The van der Waals surface area contributed by atoms with Crippen LogP contribution in [0.4, 0.5) is 8.78 Å². The lowest BCUT2D eigenvalue weighted by molar-refractivity contribution is 0.0601. The van der Waals surface area contributed by atoms with E-state index in [1.165, 1.54) is 37.6 Å². The number of nitrogens with zero attached hydrogens (tertiary/aromatic N) is 5. The molecule has 2 aromatic heterocycles. The number of ether oxygens (including phenoxy) is 3. The Bertz CT molecular complexity index is 1820. The molecule has 0 atom stereocenters. The average Bonchev–Trinajstić information content (AvgIpc) is 3.35. The molecule has 5 rings (SSSR count). The van der Waals surface area contributed by atoms with E-state index in [1.54, 1.807) is 37.4 Å². The van der Waals surface area contributed by atoms with E-state index < -0.39 is 17.6 Å². The van der Waals surface area contributed by atoms with E-state index >= 15 is 4.39 Å².